The molecule has 13 heteroatoms. The first kappa shape index (κ1) is 70.6. The smallest absolute Gasteiger partial charge is 0.448 e. The van der Waals surface area contributed by atoms with Gasteiger partial charge in [-0.3, -0.25) is 4.70 Å². The molecule has 0 atom stereocenters. The third kappa shape index (κ3) is 13.3. The normalized spacial score (nSPS) is 11.7. The number of fused-ring (bicyclic) bond motifs is 21. The van der Waals surface area contributed by atoms with Gasteiger partial charge in [0, 0.05) is 45.7 Å². The zero-order valence-corrected chi connectivity index (χ0v) is 63.6. The van der Waals surface area contributed by atoms with E-state index in [1.807, 2.05) is 109 Å². The molecule has 3 aliphatic rings. The van der Waals surface area contributed by atoms with Gasteiger partial charge in [-0.25, -0.2) is 0 Å². The van der Waals surface area contributed by atoms with E-state index in [1.54, 1.807) is 0 Å². The van der Waals surface area contributed by atoms with Gasteiger partial charge < -0.3 is 38.5 Å². The molecule has 0 aliphatic carbocycles. The first-order valence-electron chi connectivity index (χ1n) is 35.7. The maximum absolute atomic E-state index is 7.61. The number of ether oxygens (including phenoxy) is 6. The van der Waals surface area contributed by atoms with Gasteiger partial charge in [0.1, 0.15) is 0 Å². The Morgan fingerprint density at radius 1 is 0.227 bits per heavy atom. The highest BCUT2D eigenvalue weighted by Crippen LogP contribution is 2.56. The highest BCUT2D eigenvalue weighted by atomic mass is 79.9. The molecule has 3 aliphatic heterocycles. The summed E-state index contributed by atoms with van der Waals surface area (Å²) >= 11 is 10.6. The van der Waals surface area contributed by atoms with Crippen LogP contribution in [0.3, 0.4) is 0 Å². The summed E-state index contributed by atoms with van der Waals surface area (Å²) in [5.74, 6) is 9.13. The van der Waals surface area contributed by atoms with Gasteiger partial charge in [0.25, 0.3) is 0 Å². The summed E-state index contributed by atoms with van der Waals surface area (Å²) < 4.78 is 41.2. The molecule has 19 aromatic carbocycles. The van der Waals surface area contributed by atoms with Crippen LogP contribution in [0.4, 0.5) is 4.70 Å². The van der Waals surface area contributed by atoms with Crippen LogP contribution in [0.25, 0.3) is 130 Å². The van der Waals surface area contributed by atoms with Crippen molar-refractivity contribution in [3.05, 3.63) is 359 Å². The highest BCUT2D eigenvalue weighted by molar-refractivity contribution is 9.13. The van der Waals surface area contributed by atoms with Crippen LogP contribution in [0.5, 0.6) is 69.0 Å². The van der Waals surface area contributed by atoms with Crippen molar-refractivity contribution >= 4 is 152 Å². The average molecular weight is 1630 g/mol. The molecule has 0 spiro atoms. The summed E-state index contributed by atoms with van der Waals surface area (Å²) in [6.07, 6.45) is 0. The van der Waals surface area contributed by atoms with Crippen LogP contribution in [-0.4, -0.2) is 17.2 Å². The Hall–Kier alpha value is -12.3. The predicted molar refractivity (Wildman–Crippen MR) is 461 cm³/mol. The fourth-order valence-corrected chi connectivity index (χ4v) is 16.3. The lowest BCUT2D eigenvalue weighted by Gasteiger charge is -2.24. The Bertz CT molecular complexity index is 6660. The van der Waals surface area contributed by atoms with Gasteiger partial charge in [-0.2, -0.15) is 0 Å². The molecule has 0 aromatic heterocycles. The Labute approximate surface area is 658 Å². The van der Waals surface area contributed by atoms with Crippen LogP contribution >= 0.6 is 47.8 Å². The van der Waals surface area contributed by atoms with Crippen molar-refractivity contribution < 1.29 is 43.2 Å². The minimum atomic E-state index is -1.17. The molecule has 3 heterocycles. The first-order valence-corrected chi connectivity index (χ1v) is 38.1. The van der Waals surface area contributed by atoms with Gasteiger partial charge >= 0.3 is 7.12 Å². The van der Waals surface area contributed by atoms with E-state index in [4.69, 9.17) is 38.5 Å². The van der Waals surface area contributed by atoms with E-state index >= 15 is 0 Å². The van der Waals surface area contributed by atoms with Crippen molar-refractivity contribution in [2.24, 2.45) is 0 Å². The van der Waals surface area contributed by atoms with Crippen molar-refractivity contribution in [2.75, 3.05) is 0 Å². The molecule has 2 N–H and O–H groups in total. The largest absolute Gasteiger partial charge is 0.449 e. The van der Waals surface area contributed by atoms with Crippen LogP contribution in [0.2, 0.25) is 6.82 Å². The third-order valence-corrected chi connectivity index (χ3v) is 22.5. The summed E-state index contributed by atoms with van der Waals surface area (Å²) in [7, 11) is -1.17. The summed E-state index contributed by atoms with van der Waals surface area (Å²) in [5.41, 5.74) is 7.18. The summed E-state index contributed by atoms with van der Waals surface area (Å²) in [5, 5.41) is 35.8. The molecule has 0 amide bonds. The zero-order chi connectivity index (χ0) is 73.6. The predicted octanol–water partition coefficient (Wildman–Crippen LogP) is 29.3. The molecular formula is C97H63BBr3FO8. The Kier molecular flexibility index (Phi) is 19.5. The van der Waals surface area contributed by atoms with E-state index in [1.165, 1.54) is 61.4 Å². The molecule has 0 unspecified atom stereocenters. The molecule has 0 fully saturated rings. The van der Waals surface area contributed by atoms with Gasteiger partial charge in [-0.15, -0.1) is 0 Å². The topological polar surface area (TPSA) is 95.8 Å². The monoisotopic (exact) mass is 1620 g/mol. The SMILES string of the molecule is Brc1cc2c(c3ccccc13)Oc1c(ccc3ccccc13)O2.Brc1ccc2ccccc2c1Br.CB(O)O.F.c1ccc(-c2c3ccccc3c(-c3ccc(-c4cc5c(c6ccccc46)Oc4c(ccc6ccccc46)O5)cc3)c3ccccc23)cc1.c1ccc2c3c(ccc2c1)Oc1ccc2ccccc2c1O3. The van der Waals surface area contributed by atoms with Crippen molar-refractivity contribution in [1.29, 1.82) is 0 Å². The van der Waals surface area contributed by atoms with Gasteiger partial charge in [-0.05, 0) is 179 Å². The Morgan fingerprint density at radius 2 is 0.500 bits per heavy atom. The van der Waals surface area contributed by atoms with Crippen LogP contribution in [-0.2, 0) is 0 Å². The summed E-state index contributed by atoms with van der Waals surface area (Å²) in [6, 6.07) is 119. The van der Waals surface area contributed by atoms with Gasteiger partial charge in [0.05, 0.1) is 0 Å². The standard InChI is InChI=1S/C46H28O2.C20H11BrO2.C20H12O2.C10H6Br2.CH5BO2.FH/c1-2-13-31(14-3-1)43-35-17-7-9-19-37(35)44(38-20-10-8-18-36(38)43)32-24-22-30(23-25-32)40-28-42-46(39-21-11-6-16-34(39)40)48-45-33-15-5-4-12-29(33)26-27-41(45)47-42;21-16-11-18-20(15-8-4-3-7-14(15)16)23-19-13-6-2-1-5-12(13)9-10-17(19)22-18;1-3-7-15-13(5-1)9-11-17-19(15)22-20-16-8-4-2-6-14(16)10-12-18(20)21-17;11-9-6-5-7-3-1-2-4-8(7)10(9)12;1-2(3)4;/h1-28H;1-11H;1-12H;1-6H;3-4H,1H3;1H. The van der Waals surface area contributed by atoms with Gasteiger partial charge in [-0.1, -0.05) is 319 Å². The fraction of sp³-hybridized carbons (Fsp3) is 0.0103. The first-order chi connectivity index (χ1) is 53.5. The zero-order valence-electron chi connectivity index (χ0n) is 58.9. The summed E-state index contributed by atoms with van der Waals surface area (Å²) in [6.45, 7) is 1.28. The van der Waals surface area contributed by atoms with Gasteiger partial charge in [0.15, 0.2) is 69.0 Å². The summed E-state index contributed by atoms with van der Waals surface area (Å²) in [4.78, 5) is 0. The lowest BCUT2D eigenvalue weighted by atomic mass is 9.85. The Morgan fingerprint density at radius 3 is 0.909 bits per heavy atom. The lowest BCUT2D eigenvalue weighted by molar-refractivity contribution is 0.366. The molecule has 0 saturated carbocycles. The number of rotatable bonds is 3. The number of hydrogen-bond acceptors (Lipinski definition) is 8. The molecule has 19 aromatic rings. The lowest BCUT2D eigenvalue weighted by Crippen LogP contribution is -2.01. The third-order valence-electron chi connectivity index (χ3n) is 19.8. The molecule has 0 radical (unpaired) electrons. The number of halogens is 4. The number of hydrogen-bond donors (Lipinski definition) is 2. The van der Waals surface area contributed by atoms with E-state index in [0.717, 1.165) is 158 Å². The second-order valence-electron chi connectivity index (χ2n) is 26.6. The molecule has 8 nitrogen and oxygen atoms in total. The van der Waals surface area contributed by atoms with E-state index in [-0.39, 0.29) is 4.70 Å². The maximum Gasteiger partial charge on any atom is 0.448 e. The van der Waals surface area contributed by atoms with Crippen molar-refractivity contribution in [3.8, 4) is 102 Å². The van der Waals surface area contributed by atoms with Crippen molar-refractivity contribution in [1.82, 2.24) is 0 Å². The van der Waals surface area contributed by atoms with E-state index in [9.17, 15) is 0 Å². The molecular weight excluding hydrogens is 1560 g/mol. The van der Waals surface area contributed by atoms with E-state index in [0.29, 0.717) is 0 Å². The van der Waals surface area contributed by atoms with E-state index < -0.39 is 7.12 Å². The van der Waals surface area contributed by atoms with Crippen LogP contribution in [0.15, 0.2) is 359 Å². The molecule has 110 heavy (non-hydrogen) atoms. The van der Waals surface area contributed by atoms with Crippen molar-refractivity contribution in [2.45, 2.75) is 6.82 Å². The van der Waals surface area contributed by atoms with Crippen LogP contribution in [0.1, 0.15) is 0 Å². The minimum Gasteiger partial charge on any atom is -0.449 e. The second kappa shape index (κ2) is 30.4. The highest BCUT2D eigenvalue weighted by Gasteiger charge is 2.28. The molecule has 0 saturated heterocycles. The molecule has 0 bridgehead atoms. The quantitative estimate of drug-likeness (QED) is 0.133. The van der Waals surface area contributed by atoms with Gasteiger partial charge in [0.2, 0.25) is 0 Å². The maximum atomic E-state index is 7.61. The minimum absolute atomic E-state index is 0. The second-order valence-corrected chi connectivity index (χ2v) is 29.1. The van der Waals surface area contributed by atoms with Crippen LogP contribution in [0, 0.1) is 0 Å². The van der Waals surface area contributed by atoms with Crippen LogP contribution < -0.4 is 28.4 Å². The van der Waals surface area contributed by atoms with Crippen molar-refractivity contribution in [3.63, 3.8) is 0 Å². The average Bonchev–Trinajstić information content (AvgIpc) is 0.771. The number of benzene rings is 19. The molecule has 22 rings (SSSR count). The van der Waals surface area contributed by atoms with E-state index in [2.05, 4.69) is 284 Å². The molecule has 530 valence electrons. The fourth-order valence-electron chi connectivity index (χ4n) is 14.9. The Balaban J connectivity index is 0.000000118.